The number of sulfone groups is 1. The average Bonchev–Trinajstić information content (AvgIpc) is 2.95. The lowest BCUT2D eigenvalue weighted by atomic mass is 10.2. The molecule has 2 nitrogen and oxygen atoms in total. The van der Waals surface area contributed by atoms with Gasteiger partial charge in [0, 0.05) is 11.2 Å². The van der Waals surface area contributed by atoms with Gasteiger partial charge in [-0.15, -0.1) is 11.8 Å². The van der Waals surface area contributed by atoms with Gasteiger partial charge in [0.05, 0.1) is 4.90 Å². The van der Waals surface area contributed by atoms with E-state index in [4.69, 9.17) is 0 Å². The molecule has 5 heteroatoms. The number of thioether (sulfide) groups is 2. The summed E-state index contributed by atoms with van der Waals surface area (Å²) in [7, 11) is -3.26. The zero-order chi connectivity index (χ0) is 13.6. The largest absolute Gasteiger partial charge is 0.222 e. The van der Waals surface area contributed by atoms with Gasteiger partial charge in [-0.3, -0.25) is 0 Å². The SMILES string of the molecule is CS[C@H]1[C@H](C)[C@]1(SC)S(=O)(=O)c1ccc(C)cc1. The molecule has 1 aliphatic rings. The highest BCUT2D eigenvalue weighted by molar-refractivity contribution is 8.17. The third-order valence-corrected chi connectivity index (χ3v) is 10.1. The average molecular weight is 302 g/mol. The fourth-order valence-corrected chi connectivity index (χ4v) is 9.02. The second-order valence-electron chi connectivity index (χ2n) is 4.69. The molecule has 0 amide bonds. The minimum absolute atomic E-state index is 0.193. The van der Waals surface area contributed by atoms with Crippen LogP contribution in [0.4, 0.5) is 0 Å². The first-order chi connectivity index (χ1) is 8.41. The van der Waals surface area contributed by atoms with Crippen LogP contribution in [0.3, 0.4) is 0 Å². The van der Waals surface area contributed by atoms with Gasteiger partial charge in [-0.2, -0.15) is 11.8 Å². The molecule has 1 fully saturated rings. The first-order valence-electron chi connectivity index (χ1n) is 5.81. The lowest BCUT2D eigenvalue weighted by Gasteiger charge is -2.16. The molecule has 0 N–H and O–H groups in total. The minimum Gasteiger partial charge on any atom is -0.222 e. The molecule has 0 bridgehead atoms. The van der Waals surface area contributed by atoms with Crippen LogP contribution in [0.2, 0.25) is 0 Å². The highest BCUT2D eigenvalue weighted by Gasteiger charge is 2.70. The van der Waals surface area contributed by atoms with Gasteiger partial charge in [0.25, 0.3) is 0 Å². The molecule has 1 aromatic rings. The molecule has 0 aromatic heterocycles. The normalized spacial score (nSPS) is 31.3. The second kappa shape index (κ2) is 4.76. The van der Waals surface area contributed by atoms with Gasteiger partial charge in [0.15, 0.2) is 9.84 Å². The summed E-state index contributed by atoms with van der Waals surface area (Å²) < 4.78 is 25.0. The molecule has 0 aliphatic heterocycles. The molecular weight excluding hydrogens is 284 g/mol. The Labute approximate surface area is 118 Å². The van der Waals surface area contributed by atoms with Crippen molar-refractivity contribution in [2.24, 2.45) is 5.92 Å². The van der Waals surface area contributed by atoms with Gasteiger partial charge in [-0.25, -0.2) is 8.42 Å². The van der Waals surface area contributed by atoms with E-state index in [1.807, 2.05) is 38.5 Å². The Morgan fingerprint density at radius 3 is 2.11 bits per heavy atom. The topological polar surface area (TPSA) is 34.1 Å². The van der Waals surface area contributed by atoms with Crippen molar-refractivity contribution in [2.45, 2.75) is 28.1 Å². The standard InChI is InChI=1S/C13H18O2S3/c1-9-5-7-11(8-6-9)18(14,15)13(17-4)10(2)12(13)16-3/h5-8,10,12H,1-4H3/t10-,12-,13-/m0/s1. The van der Waals surface area contributed by atoms with Crippen molar-refractivity contribution in [1.82, 2.24) is 0 Å². The summed E-state index contributed by atoms with van der Waals surface area (Å²) in [6.45, 7) is 3.99. The van der Waals surface area contributed by atoms with Crippen LogP contribution in [0, 0.1) is 12.8 Å². The van der Waals surface area contributed by atoms with Crippen LogP contribution < -0.4 is 0 Å². The molecule has 18 heavy (non-hydrogen) atoms. The van der Waals surface area contributed by atoms with Crippen molar-refractivity contribution >= 4 is 33.4 Å². The zero-order valence-electron chi connectivity index (χ0n) is 11.0. The molecule has 100 valence electrons. The summed E-state index contributed by atoms with van der Waals surface area (Å²) in [5, 5.41) is 0.193. The van der Waals surface area contributed by atoms with Crippen LogP contribution in [0.25, 0.3) is 0 Å². The van der Waals surface area contributed by atoms with Crippen LogP contribution in [-0.4, -0.2) is 30.3 Å². The quantitative estimate of drug-likeness (QED) is 0.855. The van der Waals surface area contributed by atoms with E-state index in [9.17, 15) is 8.42 Å². The van der Waals surface area contributed by atoms with Crippen molar-refractivity contribution in [2.75, 3.05) is 12.5 Å². The van der Waals surface area contributed by atoms with E-state index in [0.29, 0.717) is 4.90 Å². The van der Waals surface area contributed by atoms with E-state index in [2.05, 4.69) is 0 Å². The van der Waals surface area contributed by atoms with E-state index < -0.39 is 13.9 Å². The van der Waals surface area contributed by atoms with Crippen LogP contribution >= 0.6 is 23.5 Å². The summed E-state index contributed by atoms with van der Waals surface area (Å²) in [4.78, 5) is 0.450. The molecule has 2 rings (SSSR count). The van der Waals surface area contributed by atoms with Gasteiger partial charge in [-0.05, 0) is 31.6 Å². The Morgan fingerprint density at radius 1 is 1.17 bits per heavy atom. The minimum atomic E-state index is -3.26. The first-order valence-corrected chi connectivity index (χ1v) is 9.80. The van der Waals surface area contributed by atoms with Gasteiger partial charge >= 0.3 is 0 Å². The summed E-state index contributed by atoms with van der Waals surface area (Å²) in [6.07, 6.45) is 3.89. The van der Waals surface area contributed by atoms with Gasteiger partial charge < -0.3 is 0 Å². The lowest BCUT2D eigenvalue weighted by Crippen LogP contribution is -2.24. The second-order valence-corrected chi connectivity index (χ2v) is 9.16. The Kier molecular flexibility index (Phi) is 3.78. The first kappa shape index (κ1) is 14.3. The highest BCUT2D eigenvalue weighted by atomic mass is 32.3. The third-order valence-electron chi connectivity index (χ3n) is 3.70. The lowest BCUT2D eigenvalue weighted by molar-refractivity contribution is 0.590. The van der Waals surface area contributed by atoms with Crippen molar-refractivity contribution < 1.29 is 8.42 Å². The zero-order valence-corrected chi connectivity index (χ0v) is 13.5. The smallest absolute Gasteiger partial charge is 0.194 e. The van der Waals surface area contributed by atoms with Crippen LogP contribution in [0.5, 0.6) is 0 Å². The van der Waals surface area contributed by atoms with Gasteiger partial charge in [-0.1, -0.05) is 24.6 Å². The molecule has 1 aliphatic carbocycles. The van der Waals surface area contributed by atoms with E-state index in [-0.39, 0.29) is 11.2 Å². The molecule has 0 radical (unpaired) electrons. The Hall–Kier alpha value is -0.130. The molecule has 0 spiro atoms. The Balaban J connectivity index is 2.46. The highest BCUT2D eigenvalue weighted by Crippen LogP contribution is 2.63. The third kappa shape index (κ3) is 1.82. The van der Waals surface area contributed by atoms with Crippen molar-refractivity contribution in [3.8, 4) is 0 Å². The number of benzene rings is 1. The molecule has 0 heterocycles. The van der Waals surface area contributed by atoms with Gasteiger partial charge in [0.2, 0.25) is 0 Å². The molecule has 0 saturated heterocycles. The van der Waals surface area contributed by atoms with Crippen molar-refractivity contribution in [1.29, 1.82) is 0 Å². The molecule has 3 atom stereocenters. The predicted molar refractivity (Wildman–Crippen MR) is 81.1 cm³/mol. The number of hydrogen-bond acceptors (Lipinski definition) is 4. The number of rotatable bonds is 4. The van der Waals surface area contributed by atoms with E-state index in [0.717, 1.165) is 5.56 Å². The van der Waals surface area contributed by atoms with E-state index >= 15 is 0 Å². The fraction of sp³-hybridized carbons (Fsp3) is 0.538. The van der Waals surface area contributed by atoms with Crippen molar-refractivity contribution in [3.63, 3.8) is 0 Å². The fourth-order valence-electron chi connectivity index (χ4n) is 2.54. The summed E-state index contributed by atoms with van der Waals surface area (Å²) in [6, 6.07) is 7.18. The summed E-state index contributed by atoms with van der Waals surface area (Å²) >= 11 is 3.13. The molecule has 1 aromatic carbocycles. The maximum atomic E-state index is 12.8. The van der Waals surface area contributed by atoms with Gasteiger partial charge in [0.1, 0.15) is 4.08 Å². The number of hydrogen-bond donors (Lipinski definition) is 0. The monoisotopic (exact) mass is 302 g/mol. The summed E-state index contributed by atoms with van der Waals surface area (Å²) in [5.74, 6) is 0.203. The maximum absolute atomic E-state index is 12.8. The summed E-state index contributed by atoms with van der Waals surface area (Å²) in [5.41, 5.74) is 1.08. The number of aryl methyl sites for hydroxylation is 1. The van der Waals surface area contributed by atoms with Crippen LogP contribution in [0.15, 0.2) is 29.2 Å². The molecule has 0 unspecified atom stereocenters. The Morgan fingerprint density at radius 2 is 1.72 bits per heavy atom. The van der Waals surface area contributed by atoms with Crippen LogP contribution in [-0.2, 0) is 9.84 Å². The van der Waals surface area contributed by atoms with Crippen molar-refractivity contribution in [3.05, 3.63) is 29.8 Å². The predicted octanol–water partition coefficient (Wildman–Crippen LogP) is 3.21. The Bertz CT molecular complexity index is 536. The van der Waals surface area contributed by atoms with E-state index in [1.54, 1.807) is 23.9 Å². The maximum Gasteiger partial charge on any atom is 0.194 e. The van der Waals surface area contributed by atoms with Crippen LogP contribution in [0.1, 0.15) is 12.5 Å². The molecule has 1 saturated carbocycles. The molecular formula is C13H18O2S3. The van der Waals surface area contributed by atoms with E-state index in [1.165, 1.54) is 11.8 Å².